The van der Waals surface area contributed by atoms with Gasteiger partial charge in [-0.25, -0.2) is 4.39 Å². The molecule has 0 aliphatic heterocycles. The monoisotopic (exact) mass is 357 g/mol. The minimum Gasteiger partial charge on any atom is -0.303 e. The van der Waals surface area contributed by atoms with Crippen molar-refractivity contribution in [1.82, 2.24) is 25.5 Å². The third-order valence-electron chi connectivity index (χ3n) is 4.34. The number of nitrogens with one attached hydrogen (secondary N) is 1. The highest BCUT2D eigenvalue weighted by Crippen LogP contribution is 2.30. The van der Waals surface area contributed by atoms with Crippen molar-refractivity contribution in [2.24, 2.45) is 5.92 Å². The van der Waals surface area contributed by atoms with Gasteiger partial charge in [0.1, 0.15) is 11.5 Å². The fourth-order valence-corrected chi connectivity index (χ4v) is 2.92. The van der Waals surface area contributed by atoms with Gasteiger partial charge in [0.05, 0.1) is 6.04 Å². The van der Waals surface area contributed by atoms with Crippen molar-refractivity contribution in [3.8, 4) is 5.69 Å². The van der Waals surface area contributed by atoms with E-state index in [9.17, 15) is 4.39 Å². The molecule has 0 radical (unpaired) electrons. The fraction of sp³-hybridized carbons (Fsp3) is 0.278. The largest absolute Gasteiger partial charge is 0.303 e. The van der Waals surface area contributed by atoms with E-state index in [-0.39, 0.29) is 11.9 Å². The molecule has 3 aromatic rings. The topological polar surface area (TPSA) is 55.6 Å². The Hall–Kier alpha value is -2.31. The molecule has 0 amide bonds. The van der Waals surface area contributed by atoms with Crippen LogP contribution in [-0.2, 0) is 0 Å². The van der Waals surface area contributed by atoms with Crippen LogP contribution in [0.1, 0.15) is 30.3 Å². The van der Waals surface area contributed by atoms with E-state index in [1.807, 2.05) is 24.3 Å². The first-order valence-corrected chi connectivity index (χ1v) is 8.62. The molecule has 1 N–H and O–H groups in total. The lowest BCUT2D eigenvalue weighted by Gasteiger charge is -2.19. The van der Waals surface area contributed by atoms with Gasteiger partial charge in [-0.3, -0.25) is 0 Å². The van der Waals surface area contributed by atoms with Gasteiger partial charge in [-0.2, -0.15) is 4.68 Å². The summed E-state index contributed by atoms with van der Waals surface area (Å²) in [4.78, 5) is 0. The average molecular weight is 358 g/mol. The van der Waals surface area contributed by atoms with E-state index in [1.165, 1.54) is 23.6 Å². The number of halogens is 2. The highest BCUT2D eigenvalue weighted by Gasteiger charge is 2.27. The Morgan fingerprint density at radius 2 is 1.92 bits per heavy atom. The molecule has 1 unspecified atom stereocenters. The molecular weight excluding hydrogens is 341 g/mol. The molecule has 1 heterocycles. The van der Waals surface area contributed by atoms with Crippen LogP contribution in [0.15, 0.2) is 48.5 Å². The maximum absolute atomic E-state index is 14.2. The van der Waals surface area contributed by atoms with E-state index in [0.29, 0.717) is 22.5 Å². The molecular formula is C18H17ClFN5. The molecule has 1 atom stereocenters. The number of tetrazole rings is 1. The van der Waals surface area contributed by atoms with Crippen molar-refractivity contribution in [1.29, 1.82) is 0 Å². The van der Waals surface area contributed by atoms with Gasteiger partial charge in [0.25, 0.3) is 0 Å². The van der Waals surface area contributed by atoms with Crippen molar-refractivity contribution < 1.29 is 4.39 Å². The molecule has 2 aromatic carbocycles. The normalized spacial score (nSPS) is 15.3. The predicted molar refractivity (Wildman–Crippen MR) is 93.1 cm³/mol. The molecule has 0 bridgehead atoms. The second-order valence-corrected chi connectivity index (χ2v) is 6.67. The first kappa shape index (κ1) is 16.2. The number of hydrogen-bond acceptors (Lipinski definition) is 4. The molecule has 1 aromatic heterocycles. The second-order valence-electron chi connectivity index (χ2n) is 6.24. The van der Waals surface area contributed by atoms with Crippen molar-refractivity contribution in [2.45, 2.75) is 18.9 Å². The molecule has 0 saturated heterocycles. The third-order valence-corrected chi connectivity index (χ3v) is 4.60. The Balaban J connectivity index is 1.73. The number of benzene rings is 2. The Morgan fingerprint density at radius 1 is 1.16 bits per heavy atom. The lowest BCUT2D eigenvalue weighted by atomic mass is 10.1. The summed E-state index contributed by atoms with van der Waals surface area (Å²) in [7, 11) is 0. The van der Waals surface area contributed by atoms with E-state index < -0.39 is 0 Å². The van der Waals surface area contributed by atoms with Gasteiger partial charge in [-0.15, -0.1) is 5.10 Å². The molecule has 1 aliphatic carbocycles. The second kappa shape index (κ2) is 6.90. The Labute approximate surface area is 149 Å². The van der Waals surface area contributed by atoms with Gasteiger partial charge < -0.3 is 5.32 Å². The van der Waals surface area contributed by atoms with Crippen molar-refractivity contribution in [3.63, 3.8) is 0 Å². The zero-order valence-corrected chi connectivity index (χ0v) is 14.2. The van der Waals surface area contributed by atoms with E-state index >= 15 is 0 Å². The molecule has 1 saturated carbocycles. The van der Waals surface area contributed by atoms with Gasteiger partial charge in [0.2, 0.25) is 0 Å². The van der Waals surface area contributed by atoms with Crippen molar-refractivity contribution in [3.05, 3.63) is 70.8 Å². The van der Waals surface area contributed by atoms with Gasteiger partial charge in [0.15, 0.2) is 5.82 Å². The minimum absolute atomic E-state index is 0.243. The number of rotatable bonds is 6. The van der Waals surface area contributed by atoms with E-state index in [2.05, 4.69) is 20.8 Å². The van der Waals surface area contributed by atoms with Crippen LogP contribution >= 0.6 is 11.6 Å². The Bertz CT molecular complexity index is 860. The summed E-state index contributed by atoms with van der Waals surface area (Å²) in [6.45, 7) is 0.872. The standard InChI is InChI=1S/C18H17ClFN5/c19-14-9-7-13(8-10-14)17(21-11-12-5-6-12)18-22-23-24-25(18)16-4-2-1-3-15(16)20/h1-4,7-10,12,17,21H,5-6,11H2. The van der Waals surface area contributed by atoms with Crippen LogP contribution in [0.3, 0.4) is 0 Å². The van der Waals surface area contributed by atoms with Gasteiger partial charge in [-0.05, 0) is 65.6 Å². The van der Waals surface area contributed by atoms with E-state index in [1.54, 1.807) is 18.2 Å². The maximum atomic E-state index is 14.2. The smallest absolute Gasteiger partial charge is 0.178 e. The molecule has 7 heteroatoms. The first-order valence-electron chi connectivity index (χ1n) is 8.24. The Morgan fingerprint density at radius 3 is 2.64 bits per heavy atom. The van der Waals surface area contributed by atoms with Crippen LogP contribution in [-0.4, -0.2) is 26.8 Å². The molecule has 25 heavy (non-hydrogen) atoms. The molecule has 0 spiro atoms. The van der Waals surface area contributed by atoms with Gasteiger partial charge in [0, 0.05) is 5.02 Å². The maximum Gasteiger partial charge on any atom is 0.178 e. The van der Waals surface area contributed by atoms with Gasteiger partial charge in [-0.1, -0.05) is 35.9 Å². The molecule has 128 valence electrons. The molecule has 5 nitrogen and oxygen atoms in total. The summed E-state index contributed by atoms with van der Waals surface area (Å²) in [5.74, 6) is 0.869. The highest BCUT2D eigenvalue weighted by molar-refractivity contribution is 6.30. The van der Waals surface area contributed by atoms with Crippen LogP contribution in [0.4, 0.5) is 4.39 Å². The Kier molecular flexibility index (Phi) is 4.46. The van der Waals surface area contributed by atoms with Gasteiger partial charge >= 0.3 is 0 Å². The first-order chi connectivity index (χ1) is 12.2. The number of aromatic nitrogens is 4. The zero-order chi connectivity index (χ0) is 17.2. The van der Waals surface area contributed by atoms with Crippen molar-refractivity contribution in [2.75, 3.05) is 6.54 Å². The van der Waals surface area contributed by atoms with Crippen LogP contribution < -0.4 is 5.32 Å². The predicted octanol–water partition coefficient (Wildman–Crippen LogP) is 3.54. The highest BCUT2D eigenvalue weighted by atomic mass is 35.5. The van der Waals surface area contributed by atoms with Crippen LogP contribution in [0.2, 0.25) is 5.02 Å². The summed E-state index contributed by atoms with van der Waals surface area (Å²) in [6.07, 6.45) is 2.47. The lowest BCUT2D eigenvalue weighted by molar-refractivity contribution is 0.533. The van der Waals surface area contributed by atoms with Crippen molar-refractivity contribution >= 4 is 11.6 Å². The molecule has 1 fully saturated rings. The number of nitrogens with zero attached hydrogens (tertiary/aromatic N) is 4. The quantitative estimate of drug-likeness (QED) is 0.733. The minimum atomic E-state index is -0.368. The molecule has 4 rings (SSSR count). The average Bonchev–Trinajstić information content (AvgIpc) is 3.33. The zero-order valence-electron chi connectivity index (χ0n) is 13.4. The summed E-state index contributed by atoms with van der Waals surface area (Å²) >= 11 is 6.01. The van der Waals surface area contributed by atoms with Crippen LogP contribution in [0.5, 0.6) is 0 Å². The summed E-state index contributed by atoms with van der Waals surface area (Å²) in [5, 5.41) is 16.1. The lowest BCUT2D eigenvalue weighted by Crippen LogP contribution is -2.27. The third kappa shape index (κ3) is 3.55. The van der Waals surface area contributed by atoms with E-state index in [4.69, 9.17) is 11.6 Å². The van der Waals surface area contributed by atoms with Crippen LogP contribution in [0, 0.1) is 11.7 Å². The van der Waals surface area contributed by atoms with Crippen LogP contribution in [0.25, 0.3) is 5.69 Å². The summed E-state index contributed by atoms with van der Waals surface area (Å²) < 4.78 is 15.7. The molecule has 1 aliphatic rings. The summed E-state index contributed by atoms with van der Waals surface area (Å²) in [6, 6.07) is 13.8. The fourth-order valence-electron chi connectivity index (χ4n) is 2.79. The number of para-hydroxylation sites is 1. The van der Waals surface area contributed by atoms with E-state index in [0.717, 1.165) is 12.1 Å². The number of hydrogen-bond donors (Lipinski definition) is 1. The summed E-state index contributed by atoms with van der Waals surface area (Å²) in [5.41, 5.74) is 1.31. The SMILES string of the molecule is Fc1ccccc1-n1nnnc1C(NCC1CC1)c1ccc(Cl)cc1.